The molecule has 0 saturated carbocycles. The molecule has 0 aliphatic rings. The molecule has 0 fully saturated rings. The molecule has 2 N–H and O–H groups in total. The highest BCUT2D eigenvalue weighted by Gasteiger charge is 2.21. The maximum Gasteiger partial charge on any atom is 0.418 e. The number of nitrogens with one attached hydrogen (secondary N) is 2. The van der Waals surface area contributed by atoms with Gasteiger partial charge in [0.05, 0.1) is 30.1 Å². The topological polar surface area (TPSA) is 94.0 Å². The first kappa shape index (κ1) is 19.7. The van der Waals surface area contributed by atoms with Crippen molar-refractivity contribution < 1.29 is 14.3 Å². The van der Waals surface area contributed by atoms with E-state index in [1.54, 1.807) is 23.9 Å². The van der Waals surface area contributed by atoms with Gasteiger partial charge in [-0.05, 0) is 38.1 Å². The number of hydrogen-bond donors (Lipinski definition) is 2. The number of hydrogen-bond acceptors (Lipinski definition) is 4. The monoisotopic (exact) mass is 430 g/mol. The van der Waals surface area contributed by atoms with Crippen LogP contribution in [0.25, 0.3) is 38.8 Å². The van der Waals surface area contributed by atoms with E-state index in [2.05, 4.69) is 9.97 Å². The Bertz CT molecular complexity index is 1500. The summed E-state index contributed by atoms with van der Waals surface area (Å²) in [5.41, 5.74) is 3.39. The maximum absolute atomic E-state index is 12.9. The minimum Gasteiger partial charge on any atom is -0.494 e. The first-order valence-electron chi connectivity index (χ1n) is 10.4. The number of carbonyl (C=O) groups is 1. The number of rotatable bonds is 5. The third kappa shape index (κ3) is 3.08. The molecule has 0 radical (unpaired) electrons. The van der Waals surface area contributed by atoms with Crippen LogP contribution in [0.3, 0.4) is 0 Å². The van der Waals surface area contributed by atoms with Crippen LogP contribution >= 0.6 is 0 Å². The Labute approximate surface area is 183 Å². The third-order valence-corrected chi connectivity index (χ3v) is 5.41. The van der Waals surface area contributed by atoms with Gasteiger partial charge < -0.3 is 19.4 Å². The third-order valence-electron chi connectivity index (χ3n) is 5.41. The minimum atomic E-state index is -0.492. The number of para-hydroxylation sites is 1. The average Bonchev–Trinajstić information content (AvgIpc) is 3.48. The number of carbonyl (C=O) groups excluding carboxylic acids is 1. The van der Waals surface area contributed by atoms with Crippen molar-refractivity contribution in [3.63, 3.8) is 0 Å². The molecule has 3 aromatic heterocycles. The van der Waals surface area contributed by atoms with Crippen LogP contribution in [0.5, 0.6) is 5.75 Å². The fourth-order valence-electron chi connectivity index (χ4n) is 4.06. The lowest BCUT2D eigenvalue weighted by Gasteiger charge is -2.07. The lowest BCUT2D eigenvalue weighted by molar-refractivity contribution is 0.155. The highest BCUT2D eigenvalue weighted by molar-refractivity contribution is 5.98. The lowest BCUT2D eigenvalue weighted by Crippen LogP contribution is -2.16. The van der Waals surface area contributed by atoms with Crippen LogP contribution < -0.4 is 10.4 Å². The van der Waals surface area contributed by atoms with Gasteiger partial charge in [-0.2, -0.15) is 0 Å². The molecule has 0 amide bonds. The van der Waals surface area contributed by atoms with E-state index < -0.39 is 6.09 Å². The molecule has 5 rings (SSSR count). The molecule has 32 heavy (non-hydrogen) atoms. The van der Waals surface area contributed by atoms with Crippen molar-refractivity contribution in [2.24, 2.45) is 0 Å². The van der Waals surface area contributed by atoms with Crippen LogP contribution in [-0.4, -0.2) is 38.4 Å². The number of aromatic amines is 2. The molecule has 0 bridgehead atoms. The van der Waals surface area contributed by atoms with Gasteiger partial charge in [-0.1, -0.05) is 18.2 Å². The van der Waals surface area contributed by atoms with Crippen molar-refractivity contribution in [3.8, 4) is 22.7 Å². The van der Waals surface area contributed by atoms with Crippen molar-refractivity contribution >= 4 is 27.9 Å². The fourth-order valence-corrected chi connectivity index (χ4v) is 4.06. The van der Waals surface area contributed by atoms with Gasteiger partial charge in [-0.15, -0.1) is 0 Å². The summed E-state index contributed by atoms with van der Waals surface area (Å²) in [6.07, 6.45) is 4.69. The van der Waals surface area contributed by atoms with Crippen molar-refractivity contribution in [2.45, 2.75) is 13.8 Å². The molecule has 5 aromatic rings. The van der Waals surface area contributed by atoms with Gasteiger partial charge in [0.2, 0.25) is 0 Å². The van der Waals surface area contributed by atoms with Crippen molar-refractivity contribution in [3.05, 3.63) is 71.5 Å². The van der Waals surface area contributed by atoms with E-state index >= 15 is 0 Å². The van der Waals surface area contributed by atoms with Crippen LogP contribution in [0.1, 0.15) is 13.8 Å². The Hall–Kier alpha value is -4.20. The summed E-state index contributed by atoms with van der Waals surface area (Å²) >= 11 is 0. The van der Waals surface area contributed by atoms with Gasteiger partial charge >= 0.3 is 11.8 Å². The highest BCUT2D eigenvalue weighted by atomic mass is 16.5. The first-order valence-corrected chi connectivity index (χ1v) is 10.4. The van der Waals surface area contributed by atoms with E-state index in [4.69, 9.17) is 9.47 Å². The highest BCUT2D eigenvalue weighted by Crippen LogP contribution is 2.33. The number of ether oxygens (including phenoxy) is 2. The second kappa shape index (κ2) is 7.81. The van der Waals surface area contributed by atoms with Gasteiger partial charge in [0.25, 0.3) is 0 Å². The van der Waals surface area contributed by atoms with Crippen molar-refractivity contribution in [1.29, 1.82) is 0 Å². The first-order chi connectivity index (χ1) is 15.6. The number of benzene rings is 2. The smallest absolute Gasteiger partial charge is 0.418 e. The molecule has 8 nitrogen and oxygen atoms in total. The molecule has 8 heteroatoms. The predicted octanol–water partition coefficient (Wildman–Crippen LogP) is 4.67. The van der Waals surface area contributed by atoms with Crippen LogP contribution in [0.15, 0.2) is 65.8 Å². The van der Waals surface area contributed by atoms with E-state index in [1.807, 2.05) is 55.6 Å². The summed E-state index contributed by atoms with van der Waals surface area (Å²) in [5.74, 6) is 0.754. The van der Waals surface area contributed by atoms with Crippen LogP contribution in [0, 0.1) is 0 Å². The normalized spacial score (nSPS) is 11.3. The van der Waals surface area contributed by atoms with Crippen molar-refractivity contribution in [2.75, 3.05) is 13.2 Å². The van der Waals surface area contributed by atoms with Crippen molar-refractivity contribution in [1.82, 2.24) is 19.1 Å². The molecule has 162 valence electrons. The predicted molar refractivity (Wildman–Crippen MR) is 123 cm³/mol. The quantitative estimate of drug-likeness (QED) is 0.424. The van der Waals surface area contributed by atoms with E-state index in [0.29, 0.717) is 23.5 Å². The number of nitrogens with zero attached hydrogens (tertiary/aromatic N) is 2. The molecule has 0 atom stereocenters. The van der Waals surface area contributed by atoms with Crippen LogP contribution in [0.2, 0.25) is 0 Å². The lowest BCUT2D eigenvalue weighted by atomic mass is 10.1. The zero-order chi connectivity index (χ0) is 22.2. The summed E-state index contributed by atoms with van der Waals surface area (Å²) in [7, 11) is 0. The Morgan fingerprint density at radius 2 is 1.84 bits per heavy atom. The Kier molecular flexibility index (Phi) is 4.82. The van der Waals surface area contributed by atoms with E-state index in [-0.39, 0.29) is 12.3 Å². The van der Waals surface area contributed by atoms with Gasteiger partial charge in [0, 0.05) is 40.4 Å². The molecule has 0 unspecified atom stereocenters. The fraction of sp³-hybridized carbons (Fsp3) is 0.167. The minimum absolute atomic E-state index is 0.257. The van der Waals surface area contributed by atoms with E-state index in [0.717, 1.165) is 27.6 Å². The van der Waals surface area contributed by atoms with Gasteiger partial charge in [0.1, 0.15) is 5.75 Å². The zero-order valence-electron chi connectivity index (χ0n) is 17.7. The molecule has 0 saturated heterocycles. The van der Waals surface area contributed by atoms with Crippen LogP contribution in [0.4, 0.5) is 4.79 Å². The van der Waals surface area contributed by atoms with Gasteiger partial charge in [-0.25, -0.2) is 9.59 Å². The summed E-state index contributed by atoms with van der Waals surface area (Å²) < 4.78 is 13.9. The zero-order valence-corrected chi connectivity index (χ0v) is 17.7. The summed E-state index contributed by atoms with van der Waals surface area (Å²) in [6.45, 7) is 4.51. The van der Waals surface area contributed by atoms with Gasteiger partial charge in [-0.3, -0.25) is 9.13 Å². The second-order valence-corrected chi connectivity index (χ2v) is 7.26. The molecule has 2 aromatic carbocycles. The Balaban J connectivity index is 1.74. The number of aromatic nitrogens is 4. The summed E-state index contributed by atoms with van der Waals surface area (Å²) in [6, 6.07) is 13.2. The summed E-state index contributed by atoms with van der Waals surface area (Å²) in [4.78, 5) is 31.5. The standard InChI is InChI=1S/C24H22N4O4/c1-3-31-15-9-10-19-17(11-15)18(12-25-19)21-13-26-23(29)28(21)22-14-27(24(30)32-4-2)20-8-6-5-7-16(20)22/h5-14,25H,3-4H2,1-2H3,(H,26,29). The largest absolute Gasteiger partial charge is 0.494 e. The molecular formula is C24H22N4O4. The molecule has 0 spiro atoms. The molecule has 0 aliphatic heterocycles. The van der Waals surface area contributed by atoms with E-state index in [1.165, 1.54) is 4.57 Å². The Morgan fingerprint density at radius 1 is 1.00 bits per heavy atom. The maximum atomic E-state index is 12.9. The number of fused-ring (bicyclic) bond motifs is 2. The second-order valence-electron chi connectivity index (χ2n) is 7.26. The molecule has 0 aliphatic carbocycles. The SMILES string of the molecule is CCOC(=O)n1cc(-n2c(-c3c[nH]c4ccc(OCC)cc34)c[nH]c2=O)c2ccccc21. The number of H-pyrrole nitrogens is 2. The summed E-state index contributed by atoms with van der Waals surface area (Å²) in [5, 5.41) is 1.69. The average molecular weight is 430 g/mol. The number of imidazole rings is 1. The molecule has 3 heterocycles. The van der Waals surface area contributed by atoms with Crippen LogP contribution in [-0.2, 0) is 4.74 Å². The Morgan fingerprint density at radius 3 is 2.66 bits per heavy atom. The molecular weight excluding hydrogens is 408 g/mol. The van der Waals surface area contributed by atoms with Gasteiger partial charge in [0.15, 0.2) is 0 Å². The van der Waals surface area contributed by atoms with E-state index in [9.17, 15) is 9.59 Å².